The fraction of sp³-hybridized carbons (Fsp3) is 0.667. The summed E-state index contributed by atoms with van der Waals surface area (Å²) < 4.78 is 1.90. The van der Waals surface area contributed by atoms with Gasteiger partial charge in [-0.05, 0) is 26.2 Å². The first-order chi connectivity index (χ1) is 10.5. The molecule has 0 aromatic carbocycles. The molecule has 0 saturated carbocycles. The zero-order valence-electron chi connectivity index (χ0n) is 13.1. The number of imidazole rings is 1. The predicted molar refractivity (Wildman–Crippen MR) is 85.1 cm³/mol. The highest BCUT2D eigenvalue weighted by molar-refractivity contribution is 5.68. The third-order valence-electron chi connectivity index (χ3n) is 3.89. The van der Waals surface area contributed by atoms with Crippen LogP contribution in [0.15, 0.2) is 15.9 Å². The summed E-state index contributed by atoms with van der Waals surface area (Å²) in [6, 6.07) is 0.196. The third kappa shape index (κ3) is 3.85. The lowest BCUT2D eigenvalue weighted by Gasteiger charge is -2.18. The van der Waals surface area contributed by atoms with Gasteiger partial charge in [-0.15, -0.1) is 0 Å². The first kappa shape index (κ1) is 16.5. The molecule has 2 atom stereocenters. The normalized spacial score (nSPS) is 14.3. The van der Waals surface area contributed by atoms with Crippen LogP contribution in [0, 0.1) is 0 Å². The largest absolute Gasteiger partial charge is 0.393 e. The van der Waals surface area contributed by atoms with Crippen molar-refractivity contribution >= 4 is 11.2 Å². The number of H-pyrrole nitrogens is 2. The molecule has 0 spiro atoms. The SMILES string of the molecule is CCCC(CCCCC(C)O)n1cnc2c(=O)[nH]c(=O)[nH]c21. The number of hydrogen-bond acceptors (Lipinski definition) is 4. The average Bonchev–Trinajstić information content (AvgIpc) is 2.86. The van der Waals surface area contributed by atoms with E-state index in [1.807, 2.05) is 4.57 Å². The van der Waals surface area contributed by atoms with Gasteiger partial charge in [0.1, 0.15) is 5.65 Å². The molecule has 0 fully saturated rings. The summed E-state index contributed by atoms with van der Waals surface area (Å²) in [6.45, 7) is 3.90. The Hall–Kier alpha value is -1.89. The van der Waals surface area contributed by atoms with Crippen molar-refractivity contribution in [3.8, 4) is 0 Å². The smallest absolute Gasteiger partial charge is 0.327 e. The number of unbranched alkanes of at least 4 members (excludes halogenated alkanes) is 1. The second-order valence-electron chi connectivity index (χ2n) is 5.83. The van der Waals surface area contributed by atoms with Crippen molar-refractivity contribution in [3.05, 3.63) is 27.2 Å². The van der Waals surface area contributed by atoms with E-state index in [0.29, 0.717) is 5.65 Å². The highest BCUT2D eigenvalue weighted by atomic mass is 16.3. The van der Waals surface area contributed by atoms with Crippen molar-refractivity contribution in [2.24, 2.45) is 0 Å². The van der Waals surface area contributed by atoms with Crippen LogP contribution >= 0.6 is 0 Å². The number of nitrogens with one attached hydrogen (secondary N) is 2. The molecule has 2 aromatic rings. The first-order valence-electron chi connectivity index (χ1n) is 7.90. The Labute approximate surface area is 128 Å². The fourth-order valence-corrected chi connectivity index (χ4v) is 2.80. The highest BCUT2D eigenvalue weighted by Gasteiger charge is 2.16. The molecule has 0 radical (unpaired) electrons. The Morgan fingerprint density at radius 3 is 2.64 bits per heavy atom. The van der Waals surface area contributed by atoms with Crippen molar-refractivity contribution in [1.82, 2.24) is 19.5 Å². The molecule has 22 heavy (non-hydrogen) atoms. The monoisotopic (exact) mass is 308 g/mol. The lowest BCUT2D eigenvalue weighted by molar-refractivity contribution is 0.179. The topological polar surface area (TPSA) is 104 Å². The molecule has 0 aliphatic rings. The number of fused-ring (bicyclic) bond motifs is 1. The quantitative estimate of drug-likeness (QED) is 0.646. The second-order valence-corrected chi connectivity index (χ2v) is 5.83. The van der Waals surface area contributed by atoms with Crippen LogP contribution in [0.3, 0.4) is 0 Å². The van der Waals surface area contributed by atoms with Gasteiger partial charge in [-0.2, -0.15) is 0 Å². The van der Waals surface area contributed by atoms with E-state index < -0.39 is 11.2 Å². The predicted octanol–water partition coefficient (Wildman–Crippen LogP) is 1.70. The van der Waals surface area contributed by atoms with E-state index in [-0.39, 0.29) is 17.7 Å². The van der Waals surface area contributed by atoms with Crippen molar-refractivity contribution < 1.29 is 5.11 Å². The average molecular weight is 308 g/mol. The van der Waals surface area contributed by atoms with Crippen molar-refractivity contribution in [2.75, 3.05) is 0 Å². The maximum Gasteiger partial charge on any atom is 0.327 e. The number of nitrogens with zero attached hydrogens (tertiary/aromatic N) is 2. The molecule has 7 heteroatoms. The summed E-state index contributed by atoms with van der Waals surface area (Å²) in [5, 5.41) is 9.31. The van der Waals surface area contributed by atoms with Gasteiger partial charge < -0.3 is 9.67 Å². The Morgan fingerprint density at radius 1 is 1.23 bits per heavy atom. The molecule has 7 nitrogen and oxygen atoms in total. The fourth-order valence-electron chi connectivity index (χ4n) is 2.80. The number of hydrogen-bond donors (Lipinski definition) is 3. The maximum absolute atomic E-state index is 11.7. The molecule has 0 saturated heterocycles. The highest BCUT2D eigenvalue weighted by Crippen LogP contribution is 2.24. The molecule has 2 heterocycles. The second kappa shape index (κ2) is 7.40. The van der Waals surface area contributed by atoms with Crippen LogP contribution in [0.1, 0.15) is 58.4 Å². The van der Waals surface area contributed by atoms with E-state index in [1.165, 1.54) is 0 Å². The third-order valence-corrected chi connectivity index (χ3v) is 3.89. The van der Waals surface area contributed by atoms with E-state index in [2.05, 4.69) is 21.9 Å². The number of aromatic nitrogens is 4. The maximum atomic E-state index is 11.7. The Morgan fingerprint density at radius 2 is 1.95 bits per heavy atom. The summed E-state index contributed by atoms with van der Waals surface area (Å²) in [4.78, 5) is 32.2. The van der Waals surface area contributed by atoms with Crippen molar-refractivity contribution in [1.29, 1.82) is 0 Å². The summed E-state index contributed by atoms with van der Waals surface area (Å²) in [6.07, 6.45) is 6.99. The minimum atomic E-state index is -0.511. The Bertz CT molecular complexity index is 713. The lowest BCUT2D eigenvalue weighted by Crippen LogP contribution is -2.23. The van der Waals surface area contributed by atoms with Gasteiger partial charge in [-0.1, -0.05) is 26.2 Å². The van der Waals surface area contributed by atoms with Crippen LogP contribution < -0.4 is 11.2 Å². The summed E-state index contributed by atoms with van der Waals surface area (Å²) >= 11 is 0. The van der Waals surface area contributed by atoms with Crippen LogP contribution in [-0.4, -0.2) is 30.7 Å². The van der Waals surface area contributed by atoms with Gasteiger partial charge >= 0.3 is 5.69 Å². The Balaban J connectivity index is 2.21. The van der Waals surface area contributed by atoms with E-state index in [0.717, 1.165) is 38.5 Å². The minimum Gasteiger partial charge on any atom is -0.393 e. The van der Waals surface area contributed by atoms with Crippen molar-refractivity contribution in [3.63, 3.8) is 0 Å². The van der Waals surface area contributed by atoms with Crippen molar-refractivity contribution in [2.45, 2.75) is 64.5 Å². The molecule has 0 bridgehead atoms. The Kier molecular flexibility index (Phi) is 5.54. The minimum absolute atomic E-state index is 0.196. The summed E-state index contributed by atoms with van der Waals surface area (Å²) in [7, 11) is 0. The number of aliphatic hydroxyl groups is 1. The van der Waals surface area contributed by atoms with Crippen LogP contribution in [-0.2, 0) is 0 Å². The van der Waals surface area contributed by atoms with Gasteiger partial charge in [0.15, 0.2) is 5.52 Å². The van der Waals surface area contributed by atoms with Gasteiger partial charge in [0.05, 0.1) is 12.4 Å². The van der Waals surface area contributed by atoms with Gasteiger partial charge in [-0.25, -0.2) is 9.78 Å². The van der Waals surface area contributed by atoms with Gasteiger partial charge in [0, 0.05) is 6.04 Å². The molecule has 2 rings (SSSR count). The lowest BCUT2D eigenvalue weighted by atomic mass is 10.0. The van der Waals surface area contributed by atoms with E-state index in [1.54, 1.807) is 13.3 Å². The van der Waals surface area contributed by atoms with E-state index >= 15 is 0 Å². The van der Waals surface area contributed by atoms with Crippen LogP contribution in [0.25, 0.3) is 11.2 Å². The molecule has 0 aliphatic carbocycles. The standard InChI is InChI=1S/C15H24N4O3/c1-3-6-11(8-5-4-7-10(2)20)19-9-16-12-13(19)17-15(22)18-14(12)21/h9-11,20H,3-8H2,1-2H3,(H2,17,18,21,22). The van der Waals surface area contributed by atoms with E-state index in [9.17, 15) is 14.7 Å². The number of aliphatic hydroxyl groups excluding tert-OH is 1. The number of aromatic amines is 2. The first-order valence-corrected chi connectivity index (χ1v) is 7.90. The zero-order chi connectivity index (χ0) is 16.1. The molecular weight excluding hydrogens is 284 g/mol. The van der Waals surface area contributed by atoms with E-state index in [4.69, 9.17) is 0 Å². The summed E-state index contributed by atoms with van der Waals surface area (Å²) in [5.41, 5.74) is -0.210. The summed E-state index contributed by atoms with van der Waals surface area (Å²) in [5.74, 6) is 0. The van der Waals surface area contributed by atoms with Gasteiger partial charge in [0.2, 0.25) is 0 Å². The molecule has 3 N–H and O–H groups in total. The van der Waals surface area contributed by atoms with Crippen LogP contribution in [0.4, 0.5) is 0 Å². The molecular formula is C15H24N4O3. The molecule has 0 aliphatic heterocycles. The zero-order valence-corrected chi connectivity index (χ0v) is 13.1. The molecule has 122 valence electrons. The van der Waals surface area contributed by atoms with Gasteiger partial charge in [0.25, 0.3) is 5.56 Å². The number of rotatable bonds is 8. The molecule has 2 aromatic heterocycles. The molecule has 2 unspecified atom stereocenters. The van der Waals surface area contributed by atoms with Crippen LogP contribution in [0.5, 0.6) is 0 Å². The molecule has 0 amide bonds. The van der Waals surface area contributed by atoms with Crippen LogP contribution in [0.2, 0.25) is 0 Å². The van der Waals surface area contributed by atoms with Gasteiger partial charge in [-0.3, -0.25) is 14.8 Å².